The van der Waals surface area contributed by atoms with Gasteiger partial charge in [-0.3, -0.25) is 9.78 Å². The van der Waals surface area contributed by atoms with Gasteiger partial charge in [0.05, 0.1) is 13.2 Å². The molecule has 1 fully saturated rings. The number of pyridine rings is 2. The van der Waals surface area contributed by atoms with E-state index in [9.17, 15) is 4.79 Å². The predicted molar refractivity (Wildman–Crippen MR) is 132 cm³/mol. The number of hydrogen-bond donors (Lipinski definition) is 1. The van der Waals surface area contributed by atoms with Crippen molar-refractivity contribution in [3.63, 3.8) is 0 Å². The lowest BCUT2D eigenvalue weighted by atomic mass is 10.00. The SMILES string of the molecule is Cc1ccc(C(=O)N2CCOC[C@@H](Cc3ccc4nccn4c3)C2)cc1NCc1ccncc1. The van der Waals surface area contributed by atoms with Gasteiger partial charge >= 0.3 is 0 Å². The molecule has 4 heterocycles. The molecular weight excluding hydrogens is 426 g/mol. The summed E-state index contributed by atoms with van der Waals surface area (Å²) >= 11 is 0. The summed E-state index contributed by atoms with van der Waals surface area (Å²) in [4.78, 5) is 23.8. The number of ether oxygens (including phenoxy) is 1. The lowest BCUT2D eigenvalue weighted by Gasteiger charge is -2.24. The van der Waals surface area contributed by atoms with Crippen LogP contribution in [-0.4, -0.2) is 51.5 Å². The van der Waals surface area contributed by atoms with Crippen LogP contribution in [0.4, 0.5) is 5.69 Å². The van der Waals surface area contributed by atoms with Crippen LogP contribution in [-0.2, 0) is 17.7 Å². The molecule has 4 aromatic rings. The fourth-order valence-corrected chi connectivity index (χ4v) is 4.43. The molecule has 5 rings (SSSR count). The second kappa shape index (κ2) is 10.1. The highest BCUT2D eigenvalue weighted by Gasteiger charge is 2.24. The van der Waals surface area contributed by atoms with Gasteiger partial charge in [-0.1, -0.05) is 12.1 Å². The van der Waals surface area contributed by atoms with Gasteiger partial charge in [-0.2, -0.15) is 0 Å². The molecule has 34 heavy (non-hydrogen) atoms. The first kappa shape index (κ1) is 22.1. The summed E-state index contributed by atoms with van der Waals surface area (Å²) in [5, 5.41) is 3.46. The van der Waals surface area contributed by atoms with Gasteiger partial charge in [0.1, 0.15) is 5.65 Å². The Morgan fingerprint density at radius 3 is 2.88 bits per heavy atom. The fourth-order valence-electron chi connectivity index (χ4n) is 4.43. The maximum atomic E-state index is 13.5. The monoisotopic (exact) mass is 455 g/mol. The van der Waals surface area contributed by atoms with Gasteiger partial charge in [-0.05, 0) is 60.4 Å². The molecule has 7 nitrogen and oxygen atoms in total. The number of anilines is 1. The lowest BCUT2D eigenvalue weighted by molar-refractivity contribution is 0.0737. The Hall–Kier alpha value is -3.71. The van der Waals surface area contributed by atoms with Gasteiger partial charge in [0.15, 0.2) is 0 Å². The van der Waals surface area contributed by atoms with E-state index in [1.807, 2.05) is 51.9 Å². The Kier molecular flexibility index (Phi) is 6.53. The van der Waals surface area contributed by atoms with Crippen LogP contribution in [0.1, 0.15) is 27.0 Å². The first-order valence-corrected chi connectivity index (χ1v) is 11.7. The second-order valence-corrected chi connectivity index (χ2v) is 8.87. The minimum Gasteiger partial charge on any atom is -0.381 e. The number of aryl methyl sites for hydroxylation is 1. The molecule has 1 N–H and O–H groups in total. The number of hydrogen-bond acceptors (Lipinski definition) is 5. The van der Waals surface area contributed by atoms with E-state index in [2.05, 4.69) is 34.5 Å². The molecule has 174 valence electrons. The normalized spacial score (nSPS) is 16.4. The average molecular weight is 456 g/mol. The maximum Gasteiger partial charge on any atom is 0.254 e. The van der Waals surface area contributed by atoms with E-state index in [-0.39, 0.29) is 11.8 Å². The van der Waals surface area contributed by atoms with Crippen molar-refractivity contribution >= 4 is 17.2 Å². The quantitative estimate of drug-likeness (QED) is 0.476. The number of carbonyl (C=O) groups is 1. The van der Waals surface area contributed by atoms with Gasteiger partial charge in [-0.25, -0.2) is 4.98 Å². The fraction of sp³-hybridized carbons (Fsp3) is 0.296. The minimum absolute atomic E-state index is 0.0486. The number of fused-ring (bicyclic) bond motifs is 1. The molecule has 1 aliphatic rings. The Bertz CT molecular complexity index is 1270. The lowest BCUT2D eigenvalue weighted by Crippen LogP contribution is -2.36. The molecular formula is C27H29N5O2. The number of rotatable bonds is 6. The zero-order valence-corrected chi connectivity index (χ0v) is 19.4. The molecule has 0 unspecified atom stereocenters. The van der Waals surface area contributed by atoms with E-state index in [4.69, 9.17) is 4.74 Å². The topological polar surface area (TPSA) is 71.8 Å². The molecule has 1 atom stereocenters. The van der Waals surface area contributed by atoms with Gasteiger partial charge < -0.3 is 19.4 Å². The standard InChI is InChI=1S/C27H29N5O2/c1-20-2-4-24(15-25(20)30-16-21-6-8-28-9-7-21)27(33)32-12-13-34-19-23(18-32)14-22-3-5-26-29-10-11-31(26)17-22/h2-11,15,17,23,30H,12-14,16,18-19H2,1H3/t23-/m0/s1. The maximum absolute atomic E-state index is 13.5. The van der Waals surface area contributed by atoms with E-state index >= 15 is 0 Å². The highest BCUT2D eigenvalue weighted by atomic mass is 16.5. The summed E-state index contributed by atoms with van der Waals surface area (Å²) in [5.74, 6) is 0.287. The van der Waals surface area contributed by atoms with Crippen LogP contribution in [0.15, 0.2) is 73.4 Å². The molecule has 0 radical (unpaired) electrons. The molecule has 0 spiro atoms. The first-order chi connectivity index (χ1) is 16.7. The second-order valence-electron chi connectivity index (χ2n) is 8.87. The summed E-state index contributed by atoms with van der Waals surface area (Å²) < 4.78 is 7.90. The van der Waals surface area contributed by atoms with Crippen molar-refractivity contribution in [2.24, 2.45) is 5.92 Å². The van der Waals surface area contributed by atoms with E-state index in [1.165, 1.54) is 5.56 Å². The van der Waals surface area contributed by atoms with Crippen molar-refractivity contribution in [2.45, 2.75) is 19.9 Å². The largest absolute Gasteiger partial charge is 0.381 e. The molecule has 0 bridgehead atoms. The molecule has 1 aliphatic heterocycles. The highest BCUT2D eigenvalue weighted by molar-refractivity contribution is 5.95. The van der Waals surface area contributed by atoms with Crippen molar-refractivity contribution in [3.8, 4) is 0 Å². The predicted octanol–water partition coefficient (Wildman–Crippen LogP) is 3.98. The zero-order chi connectivity index (χ0) is 23.3. The Labute approximate surface area is 199 Å². The van der Waals surface area contributed by atoms with Crippen LogP contribution in [0.3, 0.4) is 0 Å². The molecule has 1 saturated heterocycles. The van der Waals surface area contributed by atoms with Crippen molar-refractivity contribution < 1.29 is 9.53 Å². The van der Waals surface area contributed by atoms with Crippen LogP contribution < -0.4 is 5.32 Å². The molecule has 0 saturated carbocycles. The molecule has 0 aliphatic carbocycles. The smallest absolute Gasteiger partial charge is 0.254 e. The van der Waals surface area contributed by atoms with Crippen LogP contribution in [0.25, 0.3) is 5.65 Å². The Morgan fingerprint density at radius 1 is 1.12 bits per heavy atom. The summed E-state index contributed by atoms with van der Waals surface area (Å²) in [6.45, 7) is 5.22. The number of benzene rings is 1. The molecule has 3 aromatic heterocycles. The van der Waals surface area contributed by atoms with Gasteiger partial charge in [0.25, 0.3) is 5.91 Å². The summed E-state index contributed by atoms with van der Waals surface area (Å²) in [7, 11) is 0. The van der Waals surface area contributed by atoms with Gasteiger partial charge in [0, 0.05) is 67.8 Å². The third-order valence-corrected chi connectivity index (χ3v) is 6.32. The number of nitrogens with zero attached hydrogens (tertiary/aromatic N) is 4. The third kappa shape index (κ3) is 5.10. The van der Waals surface area contributed by atoms with Crippen molar-refractivity contribution in [1.29, 1.82) is 0 Å². The van der Waals surface area contributed by atoms with Crippen molar-refractivity contribution in [1.82, 2.24) is 19.3 Å². The first-order valence-electron chi connectivity index (χ1n) is 11.7. The van der Waals surface area contributed by atoms with E-state index in [0.29, 0.717) is 38.4 Å². The van der Waals surface area contributed by atoms with E-state index in [1.54, 1.807) is 18.6 Å². The van der Waals surface area contributed by atoms with Gasteiger partial charge in [0.2, 0.25) is 0 Å². The number of carbonyl (C=O) groups excluding carboxylic acids is 1. The highest BCUT2D eigenvalue weighted by Crippen LogP contribution is 2.21. The summed E-state index contributed by atoms with van der Waals surface area (Å²) in [5.41, 5.74) is 6.07. The molecule has 7 heteroatoms. The van der Waals surface area contributed by atoms with E-state index in [0.717, 1.165) is 28.9 Å². The van der Waals surface area contributed by atoms with E-state index < -0.39 is 0 Å². The third-order valence-electron chi connectivity index (χ3n) is 6.32. The number of nitrogens with one attached hydrogen (secondary N) is 1. The summed E-state index contributed by atoms with van der Waals surface area (Å²) in [6, 6.07) is 14.0. The zero-order valence-electron chi connectivity index (χ0n) is 19.4. The Morgan fingerprint density at radius 2 is 2.00 bits per heavy atom. The van der Waals surface area contributed by atoms with Crippen molar-refractivity contribution in [3.05, 3.63) is 95.7 Å². The summed E-state index contributed by atoms with van der Waals surface area (Å²) in [6.07, 6.45) is 10.3. The van der Waals surface area contributed by atoms with Crippen LogP contribution in [0.5, 0.6) is 0 Å². The van der Waals surface area contributed by atoms with Crippen LogP contribution in [0.2, 0.25) is 0 Å². The van der Waals surface area contributed by atoms with Gasteiger partial charge in [-0.15, -0.1) is 0 Å². The number of imidazole rings is 1. The van der Waals surface area contributed by atoms with Crippen molar-refractivity contribution in [2.75, 3.05) is 31.6 Å². The Balaban J connectivity index is 1.27. The number of amides is 1. The number of aromatic nitrogens is 3. The average Bonchev–Trinajstić information content (AvgIpc) is 3.21. The van der Waals surface area contributed by atoms with Crippen LogP contribution in [0, 0.1) is 12.8 Å². The molecule has 1 amide bonds. The van der Waals surface area contributed by atoms with Crippen LogP contribution >= 0.6 is 0 Å². The minimum atomic E-state index is 0.0486. The molecule has 1 aromatic carbocycles.